The van der Waals surface area contributed by atoms with Crippen LogP contribution in [-0.4, -0.2) is 69.3 Å². The highest BCUT2D eigenvalue weighted by atomic mass is 32.2. The molecule has 27 heavy (non-hydrogen) atoms. The van der Waals surface area contributed by atoms with Crippen molar-refractivity contribution in [2.24, 2.45) is 11.1 Å². The van der Waals surface area contributed by atoms with Crippen molar-refractivity contribution in [3.63, 3.8) is 0 Å². The lowest BCUT2D eigenvalue weighted by Crippen LogP contribution is -2.51. The molecule has 0 bridgehead atoms. The Kier molecular flexibility index (Phi) is 6.13. The van der Waals surface area contributed by atoms with Crippen LogP contribution in [0.2, 0.25) is 0 Å². The number of carbonyl (C=O) groups excluding carboxylic acids is 2. The first-order chi connectivity index (χ1) is 12.8. The third-order valence-electron chi connectivity index (χ3n) is 4.97. The standard InChI is InChI=1S/C18H26N4O4S/c19-27(25,26)16-5-1-14(2-6-16)7-8-20-17(23)13-21-9-11-22(12-10-21)18(24)15-3-4-15/h1-2,5-6,15H,3-4,7-13H2,(H,20,23)(H2,19,25,26). The minimum absolute atomic E-state index is 0.0434. The number of rotatable bonds is 7. The number of nitrogens with one attached hydrogen (secondary N) is 1. The first kappa shape index (κ1) is 19.8. The van der Waals surface area contributed by atoms with Gasteiger partial charge in [-0.2, -0.15) is 0 Å². The lowest BCUT2D eigenvalue weighted by atomic mass is 10.1. The zero-order chi connectivity index (χ0) is 19.4. The second-order valence-electron chi connectivity index (χ2n) is 7.16. The van der Waals surface area contributed by atoms with Crippen molar-refractivity contribution < 1.29 is 18.0 Å². The lowest BCUT2D eigenvalue weighted by Gasteiger charge is -2.34. The second-order valence-corrected chi connectivity index (χ2v) is 8.73. The molecule has 0 aromatic heterocycles. The number of primary sulfonamides is 1. The molecule has 2 aliphatic rings. The lowest BCUT2D eigenvalue weighted by molar-refractivity contribution is -0.134. The molecule has 0 atom stereocenters. The largest absolute Gasteiger partial charge is 0.355 e. The highest BCUT2D eigenvalue weighted by Crippen LogP contribution is 2.31. The van der Waals surface area contributed by atoms with Crippen LogP contribution < -0.4 is 10.5 Å². The van der Waals surface area contributed by atoms with E-state index in [0.29, 0.717) is 32.6 Å². The normalized spacial score (nSPS) is 18.3. The number of nitrogens with zero attached hydrogens (tertiary/aromatic N) is 2. The van der Waals surface area contributed by atoms with Crippen molar-refractivity contribution in [2.75, 3.05) is 39.3 Å². The Bertz CT molecular complexity index is 782. The predicted octanol–water partition coefficient (Wildman–Crippen LogP) is -0.453. The van der Waals surface area contributed by atoms with Crippen LogP contribution in [-0.2, 0) is 26.0 Å². The van der Waals surface area contributed by atoms with Gasteiger partial charge in [0.25, 0.3) is 0 Å². The highest BCUT2D eigenvalue weighted by Gasteiger charge is 2.34. The Morgan fingerprint density at radius 2 is 1.70 bits per heavy atom. The van der Waals surface area contributed by atoms with E-state index in [1.807, 2.05) is 4.90 Å². The Hall–Kier alpha value is -1.97. The molecule has 1 aliphatic heterocycles. The molecule has 3 N–H and O–H groups in total. The average Bonchev–Trinajstić information content (AvgIpc) is 3.46. The molecule has 1 aromatic carbocycles. The van der Waals surface area contributed by atoms with Gasteiger partial charge in [-0.15, -0.1) is 0 Å². The number of carbonyl (C=O) groups is 2. The van der Waals surface area contributed by atoms with Crippen molar-refractivity contribution in [1.29, 1.82) is 0 Å². The van der Waals surface area contributed by atoms with E-state index in [4.69, 9.17) is 5.14 Å². The van der Waals surface area contributed by atoms with E-state index in [1.165, 1.54) is 12.1 Å². The van der Waals surface area contributed by atoms with Gasteiger partial charge in [-0.1, -0.05) is 12.1 Å². The van der Waals surface area contributed by atoms with Gasteiger partial charge in [0.1, 0.15) is 0 Å². The predicted molar refractivity (Wildman–Crippen MR) is 100 cm³/mol. The van der Waals surface area contributed by atoms with Crippen LogP contribution in [0.3, 0.4) is 0 Å². The molecule has 2 fully saturated rings. The van der Waals surface area contributed by atoms with E-state index in [2.05, 4.69) is 10.2 Å². The molecule has 1 saturated carbocycles. The highest BCUT2D eigenvalue weighted by molar-refractivity contribution is 7.89. The maximum atomic E-state index is 12.1. The molecule has 0 radical (unpaired) electrons. The first-order valence-electron chi connectivity index (χ1n) is 9.22. The maximum absolute atomic E-state index is 12.1. The van der Waals surface area contributed by atoms with Crippen LogP contribution >= 0.6 is 0 Å². The summed E-state index contributed by atoms with van der Waals surface area (Å²) >= 11 is 0. The van der Waals surface area contributed by atoms with Gasteiger partial charge < -0.3 is 10.2 Å². The number of benzene rings is 1. The fourth-order valence-corrected chi connectivity index (χ4v) is 3.68. The molecule has 1 aliphatic carbocycles. The third kappa shape index (κ3) is 5.75. The Morgan fingerprint density at radius 1 is 1.07 bits per heavy atom. The summed E-state index contributed by atoms with van der Waals surface area (Å²) in [7, 11) is -3.68. The van der Waals surface area contributed by atoms with Crippen molar-refractivity contribution in [2.45, 2.75) is 24.2 Å². The maximum Gasteiger partial charge on any atom is 0.238 e. The molecular weight excluding hydrogens is 368 g/mol. The fraction of sp³-hybridized carbons (Fsp3) is 0.556. The van der Waals surface area contributed by atoms with Crippen molar-refractivity contribution >= 4 is 21.8 Å². The Morgan fingerprint density at radius 3 is 2.26 bits per heavy atom. The number of sulfonamides is 1. The minimum Gasteiger partial charge on any atom is -0.355 e. The minimum atomic E-state index is -3.68. The van der Waals surface area contributed by atoms with Crippen LogP contribution in [0.15, 0.2) is 29.2 Å². The van der Waals surface area contributed by atoms with E-state index in [0.717, 1.165) is 31.5 Å². The van der Waals surface area contributed by atoms with E-state index < -0.39 is 10.0 Å². The van der Waals surface area contributed by atoms with Crippen LogP contribution in [0.5, 0.6) is 0 Å². The van der Waals surface area contributed by atoms with E-state index >= 15 is 0 Å². The van der Waals surface area contributed by atoms with Gasteiger partial charge in [-0.3, -0.25) is 14.5 Å². The summed E-state index contributed by atoms with van der Waals surface area (Å²) in [6, 6.07) is 6.33. The van der Waals surface area contributed by atoms with Gasteiger partial charge in [0.15, 0.2) is 0 Å². The molecule has 9 heteroatoms. The third-order valence-corrected chi connectivity index (χ3v) is 5.89. The zero-order valence-corrected chi connectivity index (χ0v) is 16.1. The molecule has 1 aromatic rings. The number of hydrogen-bond donors (Lipinski definition) is 2. The van der Waals surface area contributed by atoms with Gasteiger partial charge in [0.2, 0.25) is 21.8 Å². The van der Waals surface area contributed by atoms with Crippen LogP contribution in [0.25, 0.3) is 0 Å². The summed E-state index contributed by atoms with van der Waals surface area (Å²) in [6.45, 7) is 3.64. The monoisotopic (exact) mass is 394 g/mol. The molecule has 8 nitrogen and oxygen atoms in total. The van der Waals surface area contributed by atoms with Crippen LogP contribution in [0, 0.1) is 5.92 Å². The molecule has 3 rings (SSSR count). The van der Waals surface area contributed by atoms with Crippen molar-refractivity contribution in [1.82, 2.24) is 15.1 Å². The Balaban J connectivity index is 1.34. The van der Waals surface area contributed by atoms with Gasteiger partial charge in [-0.05, 0) is 37.0 Å². The first-order valence-corrected chi connectivity index (χ1v) is 10.8. The summed E-state index contributed by atoms with van der Waals surface area (Å²) < 4.78 is 22.4. The second kappa shape index (κ2) is 8.37. The summed E-state index contributed by atoms with van der Waals surface area (Å²) in [4.78, 5) is 28.2. The van der Waals surface area contributed by atoms with Gasteiger partial charge in [0, 0.05) is 38.6 Å². The zero-order valence-electron chi connectivity index (χ0n) is 15.3. The topological polar surface area (TPSA) is 113 Å². The van der Waals surface area contributed by atoms with Gasteiger partial charge >= 0.3 is 0 Å². The van der Waals surface area contributed by atoms with E-state index in [-0.39, 0.29) is 22.6 Å². The number of hydrogen-bond acceptors (Lipinski definition) is 5. The molecule has 1 heterocycles. The molecule has 0 spiro atoms. The summed E-state index contributed by atoms with van der Waals surface area (Å²) in [5, 5.41) is 7.95. The summed E-state index contributed by atoms with van der Waals surface area (Å²) in [5.41, 5.74) is 0.926. The van der Waals surface area contributed by atoms with Gasteiger partial charge in [-0.25, -0.2) is 13.6 Å². The Labute approximate surface area is 159 Å². The number of piperazine rings is 1. The fourth-order valence-electron chi connectivity index (χ4n) is 3.17. The van der Waals surface area contributed by atoms with Gasteiger partial charge in [0.05, 0.1) is 11.4 Å². The molecule has 0 unspecified atom stereocenters. The SMILES string of the molecule is NS(=O)(=O)c1ccc(CCNC(=O)CN2CCN(C(=O)C3CC3)CC2)cc1. The summed E-state index contributed by atoms with van der Waals surface area (Å²) in [6.07, 6.45) is 2.65. The van der Waals surface area contributed by atoms with E-state index in [1.54, 1.807) is 12.1 Å². The molecular formula is C18H26N4O4S. The quantitative estimate of drug-likeness (QED) is 0.650. The van der Waals surface area contributed by atoms with E-state index in [9.17, 15) is 18.0 Å². The molecule has 148 valence electrons. The number of nitrogens with two attached hydrogens (primary N) is 1. The van der Waals surface area contributed by atoms with Crippen LogP contribution in [0.1, 0.15) is 18.4 Å². The molecule has 1 saturated heterocycles. The molecule has 2 amide bonds. The van der Waals surface area contributed by atoms with Crippen molar-refractivity contribution in [3.05, 3.63) is 29.8 Å². The van der Waals surface area contributed by atoms with Crippen LogP contribution in [0.4, 0.5) is 0 Å². The summed E-state index contributed by atoms with van der Waals surface area (Å²) in [5.74, 6) is 0.476. The van der Waals surface area contributed by atoms with Crippen molar-refractivity contribution in [3.8, 4) is 0 Å². The number of amides is 2. The smallest absolute Gasteiger partial charge is 0.238 e. The average molecular weight is 394 g/mol.